The Kier molecular flexibility index (Phi) is 3.04. The molecule has 1 saturated carbocycles. The molecule has 0 aliphatic heterocycles. The maximum Gasteiger partial charge on any atom is 0.257 e. The quantitative estimate of drug-likeness (QED) is 0.798. The Balaban J connectivity index is 1.53. The van der Waals surface area contributed by atoms with Gasteiger partial charge in [0.15, 0.2) is 5.82 Å². The average molecular weight is 295 g/mol. The predicted molar refractivity (Wildman–Crippen MR) is 80.8 cm³/mol. The standard InChI is InChI=1S/C16H17N5O/c17-16(6-1-7-16)15-19-14(22-20-15)13-4-2-12(3-5-13)10-21-9-8-18-11-21/h2-5,8-9,11H,1,6-7,10,17H2. The van der Waals surface area contributed by atoms with Crippen molar-refractivity contribution in [3.8, 4) is 11.5 Å². The first-order valence-electron chi connectivity index (χ1n) is 7.41. The molecular formula is C16H17N5O. The molecule has 1 aliphatic carbocycles. The monoisotopic (exact) mass is 295 g/mol. The van der Waals surface area contributed by atoms with E-state index in [1.807, 2.05) is 22.9 Å². The Bertz CT molecular complexity index is 756. The third-order valence-corrected chi connectivity index (χ3v) is 4.24. The number of rotatable bonds is 4. The summed E-state index contributed by atoms with van der Waals surface area (Å²) < 4.78 is 7.38. The van der Waals surface area contributed by atoms with Gasteiger partial charge in [0.25, 0.3) is 5.89 Å². The molecule has 2 N–H and O–H groups in total. The fraction of sp³-hybridized carbons (Fsp3) is 0.312. The molecule has 6 heteroatoms. The van der Waals surface area contributed by atoms with Crippen LogP contribution < -0.4 is 5.73 Å². The van der Waals surface area contributed by atoms with Crippen LogP contribution in [0.4, 0.5) is 0 Å². The topological polar surface area (TPSA) is 82.8 Å². The molecule has 0 amide bonds. The van der Waals surface area contributed by atoms with Gasteiger partial charge in [0.05, 0.1) is 11.9 Å². The van der Waals surface area contributed by atoms with E-state index in [1.54, 1.807) is 12.5 Å². The summed E-state index contributed by atoms with van der Waals surface area (Å²) in [5.74, 6) is 1.15. The van der Waals surface area contributed by atoms with Crippen LogP contribution in [0.5, 0.6) is 0 Å². The number of benzene rings is 1. The van der Waals surface area contributed by atoms with Gasteiger partial charge in [0.1, 0.15) is 0 Å². The minimum atomic E-state index is -0.386. The van der Waals surface area contributed by atoms with E-state index >= 15 is 0 Å². The van der Waals surface area contributed by atoms with Crippen LogP contribution in [0.1, 0.15) is 30.7 Å². The molecule has 0 saturated heterocycles. The Morgan fingerprint density at radius 3 is 2.68 bits per heavy atom. The van der Waals surface area contributed by atoms with Crippen LogP contribution in [0.25, 0.3) is 11.5 Å². The van der Waals surface area contributed by atoms with E-state index in [1.165, 1.54) is 5.56 Å². The van der Waals surface area contributed by atoms with Crippen molar-refractivity contribution in [1.82, 2.24) is 19.7 Å². The van der Waals surface area contributed by atoms with Crippen molar-refractivity contribution in [2.24, 2.45) is 5.73 Å². The highest BCUT2D eigenvalue weighted by Gasteiger charge is 2.39. The number of aromatic nitrogens is 4. The Labute approximate surface area is 128 Å². The summed E-state index contributed by atoms with van der Waals surface area (Å²) >= 11 is 0. The van der Waals surface area contributed by atoms with Crippen molar-refractivity contribution in [3.05, 3.63) is 54.4 Å². The molecule has 1 fully saturated rings. The number of nitrogens with two attached hydrogens (primary N) is 1. The summed E-state index contributed by atoms with van der Waals surface area (Å²) in [4.78, 5) is 8.50. The van der Waals surface area contributed by atoms with Crippen molar-refractivity contribution in [1.29, 1.82) is 0 Å². The van der Waals surface area contributed by atoms with Gasteiger partial charge in [-0.05, 0) is 37.0 Å². The fourth-order valence-electron chi connectivity index (χ4n) is 2.67. The molecule has 112 valence electrons. The molecule has 22 heavy (non-hydrogen) atoms. The second-order valence-corrected chi connectivity index (χ2v) is 5.86. The molecule has 1 aromatic carbocycles. The molecule has 0 unspecified atom stereocenters. The van der Waals surface area contributed by atoms with E-state index in [2.05, 4.69) is 27.3 Å². The summed E-state index contributed by atoms with van der Waals surface area (Å²) in [5.41, 5.74) is 7.94. The minimum Gasteiger partial charge on any atom is -0.334 e. The predicted octanol–water partition coefficient (Wildman–Crippen LogP) is 2.32. The molecule has 1 aliphatic rings. The van der Waals surface area contributed by atoms with Gasteiger partial charge in [-0.2, -0.15) is 4.98 Å². The highest BCUT2D eigenvalue weighted by molar-refractivity contribution is 5.53. The van der Waals surface area contributed by atoms with Crippen LogP contribution in [-0.2, 0) is 12.1 Å². The summed E-state index contributed by atoms with van der Waals surface area (Å²) in [5, 5.41) is 4.05. The van der Waals surface area contributed by atoms with E-state index in [9.17, 15) is 0 Å². The number of imidazole rings is 1. The zero-order chi connectivity index (χ0) is 15.0. The zero-order valence-electron chi connectivity index (χ0n) is 12.1. The summed E-state index contributed by atoms with van der Waals surface area (Å²) in [6.45, 7) is 0.793. The Morgan fingerprint density at radius 1 is 1.23 bits per heavy atom. The van der Waals surface area contributed by atoms with Crippen LogP contribution in [0.15, 0.2) is 47.5 Å². The molecule has 2 aromatic heterocycles. The van der Waals surface area contributed by atoms with E-state index in [4.69, 9.17) is 10.3 Å². The largest absolute Gasteiger partial charge is 0.334 e. The lowest BCUT2D eigenvalue weighted by Crippen LogP contribution is -2.44. The van der Waals surface area contributed by atoms with Crippen molar-refractivity contribution < 1.29 is 4.52 Å². The number of hydrogen-bond donors (Lipinski definition) is 1. The van der Waals surface area contributed by atoms with Gasteiger partial charge >= 0.3 is 0 Å². The molecule has 0 spiro atoms. The lowest BCUT2D eigenvalue weighted by molar-refractivity contribution is 0.229. The van der Waals surface area contributed by atoms with Gasteiger partial charge < -0.3 is 14.8 Å². The van der Waals surface area contributed by atoms with Gasteiger partial charge in [-0.25, -0.2) is 4.98 Å². The third kappa shape index (κ3) is 2.31. The van der Waals surface area contributed by atoms with E-state index in [-0.39, 0.29) is 5.54 Å². The lowest BCUT2D eigenvalue weighted by atomic mass is 9.77. The second-order valence-electron chi connectivity index (χ2n) is 5.86. The normalized spacial score (nSPS) is 16.4. The molecule has 0 atom stereocenters. The average Bonchev–Trinajstić information content (AvgIpc) is 3.17. The molecule has 0 radical (unpaired) electrons. The van der Waals surface area contributed by atoms with Crippen LogP contribution >= 0.6 is 0 Å². The Hall–Kier alpha value is -2.47. The first-order valence-corrected chi connectivity index (χ1v) is 7.41. The van der Waals surface area contributed by atoms with Gasteiger partial charge in [-0.3, -0.25) is 0 Å². The summed E-state index contributed by atoms with van der Waals surface area (Å²) in [6, 6.07) is 8.10. The van der Waals surface area contributed by atoms with Crippen molar-refractivity contribution in [3.63, 3.8) is 0 Å². The molecule has 0 bridgehead atoms. The summed E-state index contributed by atoms with van der Waals surface area (Å²) in [7, 11) is 0. The fourth-order valence-corrected chi connectivity index (χ4v) is 2.67. The van der Waals surface area contributed by atoms with Crippen LogP contribution in [0, 0.1) is 0 Å². The molecule has 3 aromatic rings. The van der Waals surface area contributed by atoms with Crippen molar-refractivity contribution >= 4 is 0 Å². The zero-order valence-corrected chi connectivity index (χ0v) is 12.1. The highest BCUT2D eigenvalue weighted by atomic mass is 16.5. The Morgan fingerprint density at radius 2 is 2.05 bits per heavy atom. The van der Waals surface area contributed by atoms with Gasteiger partial charge in [0.2, 0.25) is 0 Å². The van der Waals surface area contributed by atoms with E-state index < -0.39 is 0 Å². The molecular weight excluding hydrogens is 278 g/mol. The van der Waals surface area contributed by atoms with E-state index in [0.29, 0.717) is 11.7 Å². The first kappa shape index (κ1) is 13.2. The van der Waals surface area contributed by atoms with Crippen molar-refractivity contribution in [2.45, 2.75) is 31.3 Å². The lowest BCUT2D eigenvalue weighted by Gasteiger charge is -2.34. The number of hydrogen-bond acceptors (Lipinski definition) is 5. The van der Waals surface area contributed by atoms with Crippen LogP contribution in [-0.4, -0.2) is 19.7 Å². The third-order valence-electron chi connectivity index (χ3n) is 4.24. The van der Waals surface area contributed by atoms with Gasteiger partial charge in [-0.15, -0.1) is 0 Å². The van der Waals surface area contributed by atoms with Crippen molar-refractivity contribution in [2.75, 3.05) is 0 Å². The molecule has 2 heterocycles. The van der Waals surface area contributed by atoms with Gasteiger partial charge in [-0.1, -0.05) is 17.3 Å². The maximum atomic E-state index is 6.22. The van der Waals surface area contributed by atoms with Gasteiger partial charge in [0, 0.05) is 24.5 Å². The molecule has 6 nitrogen and oxygen atoms in total. The van der Waals surface area contributed by atoms with Crippen LogP contribution in [0.2, 0.25) is 0 Å². The maximum absolute atomic E-state index is 6.22. The number of nitrogens with zero attached hydrogens (tertiary/aromatic N) is 4. The summed E-state index contributed by atoms with van der Waals surface area (Å²) in [6.07, 6.45) is 8.50. The highest BCUT2D eigenvalue weighted by Crippen LogP contribution is 2.37. The van der Waals surface area contributed by atoms with Crippen LogP contribution in [0.3, 0.4) is 0 Å². The first-order chi connectivity index (χ1) is 10.7. The smallest absolute Gasteiger partial charge is 0.257 e. The molecule has 4 rings (SSSR count). The minimum absolute atomic E-state index is 0.386. The SMILES string of the molecule is NC1(c2noc(-c3ccc(Cn4ccnc4)cc3)n2)CCC1. The second kappa shape index (κ2) is 5.06. The van der Waals surface area contributed by atoms with E-state index in [0.717, 1.165) is 31.4 Å².